The standard InChI is InChI=1S/C21H26N2O4S/c1-2-14-27-18-9-6-8-17(15-18)16-22-21(24)20-12-7-13-23(20)28(25,26)19-10-4-3-5-11-19/h3-6,8-11,15,20H,2,7,12-14,16H2,1H3,(H,22,24)/t20-/m0/s1. The fraction of sp³-hybridized carbons (Fsp3) is 0.381. The van der Waals surface area contributed by atoms with Crippen molar-refractivity contribution < 1.29 is 17.9 Å². The van der Waals surface area contributed by atoms with Gasteiger partial charge in [0.1, 0.15) is 11.8 Å². The zero-order valence-corrected chi connectivity index (χ0v) is 16.8. The first-order chi connectivity index (χ1) is 13.5. The average molecular weight is 403 g/mol. The van der Waals surface area contributed by atoms with Crippen LogP contribution in [-0.4, -0.2) is 37.8 Å². The third kappa shape index (κ3) is 4.72. The molecule has 1 atom stereocenters. The van der Waals surface area contributed by atoms with Gasteiger partial charge in [-0.25, -0.2) is 8.42 Å². The van der Waals surface area contributed by atoms with Crippen LogP contribution in [-0.2, 0) is 21.4 Å². The second kappa shape index (κ2) is 9.21. The summed E-state index contributed by atoms with van der Waals surface area (Å²) in [5.74, 6) is 0.500. The normalized spacial score (nSPS) is 17.4. The number of hydrogen-bond acceptors (Lipinski definition) is 4. The SMILES string of the molecule is CCCOc1cccc(CNC(=O)[C@@H]2CCCN2S(=O)(=O)c2ccccc2)c1. The van der Waals surface area contributed by atoms with E-state index in [1.165, 1.54) is 4.31 Å². The lowest BCUT2D eigenvalue weighted by atomic mass is 10.2. The summed E-state index contributed by atoms with van der Waals surface area (Å²) in [6.07, 6.45) is 2.12. The fourth-order valence-electron chi connectivity index (χ4n) is 3.29. The van der Waals surface area contributed by atoms with Crippen LogP contribution in [0.5, 0.6) is 5.75 Å². The summed E-state index contributed by atoms with van der Waals surface area (Å²) in [6.45, 7) is 3.37. The topological polar surface area (TPSA) is 75.7 Å². The molecule has 7 heteroatoms. The Morgan fingerprint density at radius 1 is 1.18 bits per heavy atom. The Hall–Kier alpha value is -2.38. The summed E-state index contributed by atoms with van der Waals surface area (Å²) in [7, 11) is -3.68. The first-order valence-electron chi connectivity index (χ1n) is 9.58. The zero-order chi connectivity index (χ0) is 20.0. The van der Waals surface area contributed by atoms with Gasteiger partial charge in [-0.2, -0.15) is 4.31 Å². The van der Waals surface area contributed by atoms with Crippen molar-refractivity contribution in [3.63, 3.8) is 0 Å². The van der Waals surface area contributed by atoms with Gasteiger partial charge in [-0.15, -0.1) is 0 Å². The maximum atomic E-state index is 12.9. The maximum Gasteiger partial charge on any atom is 0.243 e. The van der Waals surface area contributed by atoms with E-state index in [9.17, 15) is 13.2 Å². The number of rotatable bonds is 8. The number of amides is 1. The Bertz CT molecular complexity index is 900. The van der Waals surface area contributed by atoms with Crippen LogP contribution < -0.4 is 10.1 Å². The molecule has 1 fully saturated rings. The van der Waals surface area contributed by atoms with Gasteiger partial charge in [0.05, 0.1) is 11.5 Å². The molecule has 1 amide bonds. The Morgan fingerprint density at radius 2 is 1.96 bits per heavy atom. The smallest absolute Gasteiger partial charge is 0.243 e. The van der Waals surface area contributed by atoms with Crippen LogP contribution in [0.3, 0.4) is 0 Å². The molecule has 3 rings (SSSR count). The predicted molar refractivity (Wildman–Crippen MR) is 107 cm³/mol. The van der Waals surface area contributed by atoms with E-state index in [4.69, 9.17) is 4.74 Å². The van der Waals surface area contributed by atoms with Gasteiger partial charge in [0.2, 0.25) is 15.9 Å². The van der Waals surface area contributed by atoms with Crippen LogP contribution in [0, 0.1) is 0 Å². The van der Waals surface area contributed by atoms with Crippen LogP contribution in [0.15, 0.2) is 59.5 Å². The highest BCUT2D eigenvalue weighted by Gasteiger charge is 2.39. The van der Waals surface area contributed by atoms with E-state index in [0.29, 0.717) is 32.5 Å². The molecule has 0 unspecified atom stereocenters. The van der Waals surface area contributed by atoms with E-state index in [-0.39, 0.29) is 10.8 Å². The molecule has 2 aromatic carbocycles. The van der Waals surface area contributed by atoms with Gasteiger partial charge in [-0.3, -0.25) is 4.79 Å². The average Bonchev–Trinajstić information content (AvgIpc) is 3.22. The van der Waals surface area contributed by atoms with E-state index >= 15 is 0 Å². The number of hydrogen-bond donors (Lipinski definition) is 1. The minimum Gasteiger partial charge on any atom is -0.494 e. The number of carbonyl (C=O) groups excluding carboxylic acids is 1. The second-order valence-electron chi connectivity index (χ2n) is 6.80. The summed E-state index contributed by atoms with van der Waals surface area (Å²) >= 11 is 0. The van der Waals surface area contributed by atoms with Crippen LogP contribution in [0.4, 0.5) is 0 Å². The number of nitrogens with one attached hydrogen (secondary N) is 1. The Kier molecular flexibility index (Phi) is 6.70. The molecule has 1 aliphatic rings. The molecule has 28 heavy (non-hydrogen) atoms. The van der Waals surface area contributed by atoms with Crippen molar-refractivity contribution in [2.45, 2.75) is 43.7 Å². The molecule has 0 saturated carbocycles. The molecule has 0 aliphatic carbocycles. The third-order valence-corrected chi connectivity index (χ3v) is 6.62. The van der Waals surface area contributed by atoms with Crippen molar-refractivity contribution in [3.05, 3.63) is 60.2 Å². The monoisotopic (exact) mass is 402 g/mol. The number of benzene rings is 2. The molecule has 0 spiro atoms. The minimum atomic E-state index is -3.68. The largest absolute Gasteiger partial charge is 0.494 e. The molecule has 1 heterocycles. The van der Waals surface area contributed by atoms with E-state index < -0.39 is 16.1 Å². The molecule has 1 saturated heterocycles. The summed E-state index contributed by atoms with van der Waals surface area (Å²) in [4.78, 5) is 12.9. The molecule has 0 aromatic heterocycles. The Labute approximate surface area is 166 Å². The first-order valence-corrected chi connectivity index (χ1v) is 11.0. The molecule has 0 bridgehead atoms. The van der Waals surface area contributed by atoms with Gasteiger partial charge < -0.3 is 10.1 Å². The van der Waals surface area contributed by atoms with Gasteiger partial charge in [-0.1, -0.05) is 37.3 Å². The quantitative estimate of drug-likeness (QED) is 0.737. The number of carbonyl (C=O) groups is 1. The molecule has 2 aromatic rings. The molecule has 0 radical (unpaired) electrons. The van der Waals surface area contributed by atoms with Gasteiger partial charge in [0.15, 0.2) is 0 Å². The highest BCUT2D eigenvalue weighted by Crippen LogP contribution is 2.26. The molecule has 150 valence electrons. The van der Waals surface area contributed by atoms with Gasteiger partial charge in [0.25, 0.3) is 0 Å². The summed E-state index contributed by atoms with van der Waals surface area (Å²) in [5, 5.41) is 2.88. The van der Waals surface area contributed by atoms with Crippen molar-refractivity contribution >= 4 is 15.9 Å². The van der Waals surface area contributed by atoms with Crippen LogP contribution in [0.25, 0.3) is 0 Å². The van der Waals surface area contributed by atoms with E-state index in [1.807, 2.05) is 31.2 Å². The second-order valence-corrected chi connectivity index (χ2v) is 8.69. The van der Waals surface area contributed by atoms with Crippen molar-refractivity contribution in [1.29, 1.82) is 0 Å². The minimum absolute atomic E-state index is 0.218. The van der Waals surface area contributed by atoms with E-state index in [0.717, 1.165) is 17.7 Å². The number of ether oxygens (including phenoxy) is 1. The number of nitrogens with zero attached hydrogens (tertiary/aromatic N) is 1. The summed E-state index contributed by atoms with van der Waals surface area (Å²) in [5.41, 5.74) is 0.914. The molecular weight excluding hydrogens is 376 g/mol. The Balaban J connectivity index is 1.65. The van der Waals surface area contributed by atoms with Crippen molar-refractivity contribution in [1.82, 2.24) is 9.62 Å². The van der Waals surface area contributed by atoms with Gasteiger partial charge >= 0.3 is 0 Å². The predicted octanol–water partition coefficient (Wildman–Crippen LogP) is 2.94. The highest BCUT2D eigenvalue weighted by atomic mass is 32.2. The zero-order valence-electron chi connectivity index (χ0n) is 16.0. The lowest BCUT2D eigenvalue weighted by molar-refractivity contribution is -0.124. The highest BCUT2D eigenvalue weighted by molar-refractivity contribution is 7.89. The van der Waals surface area contributed by atoms with Crippen LogP contribution in [0.2, 0.25) is 0 Å². The summed E-state index contributed by atoms with van der Waals surface area (Å²) < 4.78 is 32.7. The lowest BCUT2D eigenvalue weighted by Gasteiger charge is -2.23. The molecule has 1 aliphatic heterocycles. The van der Waals surface area contributed by atoms with Gasteiger partial charge in [0, 0.05) is 13.1 Å². The van der Waals surface area contributed by atoms with E-state index in [2.05, 4.69) is 5.32 Å². The Morgan fingerprint density at radius 3 is 2.71 bits per heavy atom. The van der Waals surface area contributed by atoms with Crippen molar-refractivity contribution in [3.8, 4) is 5.75 Å². The first kappa shape index (κ1) is 20.4. The fourth-order valence-corrected chi connectivity index (χ4v) is 4.97. The molecular formula is C21H26N2O4S. The lowest BCUT2D eigenvalue weighted by Crippen LogP contribution is -2.45. The molecule has 1 N–H and O–H groups in total. The number of sulfonamides is 1. The van der Waals surface area contributed by atoms with E-state index in [1.54, 1.807) is 30.3 Å². The van der Waals surface area contributed by atoms with Crippen molar-refractivity contribution in [2.75, 3.05) is 13.2 Å². The van der Waals surface area contributed by atoms with Crippen LogP contribution in [0.1, 0.15) is 31.7 Å². The summed E-state index contributed by atoms with van der Waals surface area (Å²) in [6, 6.07) is 15.2. The third-order valence-electron chi connectivity index (χ3n) is 4.69. The van der Waals surface area contributed by atoms with Crippen LogP contribution >= 0.6 is 0 Å². The maximum absolute atomic E-state index is 12.9. The van der Waals surface area contributed by atoms with Crippen molar-refractivity contribution in [2.24, 2.45) is 0 Å². The van der Waals surface area contributed by atoms with Gasteiger partial charge in [-0.05, 0) is 49.1 Å². The molecule has 6 nitrogen and oxygen atoms in total.